The number of nitrogens with zero attached hydrogens (tertiary/aromatic N) is 1. The first kappa shape index (κ1) is 16.3. The number of aliphatic carboxylic acids is 1. The zero-order valence-electron chi connectivity index (χ0n) is 13.6. The van der Waals surface area contributed by atoms with Crippen LogP contribution in [0.15, 0.2) is 47.5 Å². The Labute approximate surface area is 141 Å². The van der Waals surface area contributed by atoms with Gasteiger partial charge in [0.15, 0.2) is 5.96 Å². The molecule has 0 aromatic heterocycles. The quantitative estimate of drug-likeness (QED) is 0.594. The molecule has 3 rings (SSSR count). The zero-order valence-corrected chi connectivity index (χ0v) is 13.6. The number of carbonyl (C=O) groups is 1. The van der Waals surface area contributed by atoms with Gasteiger partial charge in [-0.15, -0.1) is 0 Å². The van der Waals surface area contributed by atoms with Crippen LogP contribution in [-0.2, 0) is 10.2 Å². The average Bonchev–Trinajstić information content (AvgIpc) is 2.59. The average molecular weight is 325 g/mol. The van der Waals surface area contributed by atoms with Crippen molar-refractivity contribution in [1.82, 2.24) is 0 Å². The van der Waals surface area contributed by atoms with E-state index in [0.29, 0.717) is 25.3 Å². The molecule has 0 saturated heterocycles. The van der Waals surface area contributed by atoms with Crippen LogP contribution in [0.1, 0.15) is 31.2 Å². The van der Waals surface area contributed by atoms with E-state index in [9.17, 15) is 9.90 Å². The highest BCUT2D eigenvalue weighted by atomic mass is 16.4. The van der Waals surface area contributed by atoms with Crippen LogP contribution in [0.5, 0.6) is 0 Å². The summed E-state index contributed by atoms with van der Waals surface area (Å²) in [6.07, 6.45) is 2.85. The summed E-state index contributed by atoms with van der Waals surface area (Å²) in [6, 6.07) is 13.9. The van der Waals surface area contributed by atoms with Crippen LogP contribution in [0.2, 0.25) is 0 Å². The standard InChI is InChI=1S/C19H23N3O2/c20-18(21)22-12-13-8-10-19(11-9-13,17(23)24)16-7-3-5-14-4-1-2-6-15(14)16/h1-7,13H,8-12H2,(H,23,24)(H4,20,21,22). The first-order valence-electron chi connectivity index (χ1n) is 8.30. The molecule has 1 fully saturated rings. The third-order valence-corrected chi connectivity index (χ3v) is 5.21. The van der Waals surface area contributed by atoms with Crippen LogP contribution < -0.4 is 11.5 Å². The predicted octanol–water partition coefficient (Wildman–Crippen LogP) is 2.63. The lowest BCUT2D eigenvalue weighted by Gasteiger charge is -2.37. The second kappa shape index (κ2) is 6.51. The molecule has 1 aliphatic carbocycles. The van der Waals surface area contributed by atoms with E-state index in [-0.39, 0.29) is 5.96 Å². The second-order valence-corrected chi connectivity index (χ2v) is 6.62. The van der Waals surface area contributed by atoms with Crippen molar-refractivity contribution in [3.05, 3.63) is 48.0 Å². The Morgan fingerprint density at radius 3 is 2.46 bits per heavy atom. The van der Waals surface area contributed by atoms with Gasteiger partial charge in [0, 0.05) is 6.54 Å². The van der Waals surface area contributed by atoms with Gasteiger partial charge >= 0.3 is 5.97 Å². The lowest BCUT2D eigenvalue weighted by atomic mass is 9.65. The van der Waals surface area contributed by atoms with Crippen LogP contribution in [0.3, 0.4) is 0 Å². The lowest BCUT2D eigenvalue weighted by molar-refractivity contribution is -0.145. The van der Waals surface area contributed by atoms with Gasteiger partial charge in [-0.25, -0.2) is 0 Å². The molecule has 0 aliphatic heterocycles. The highest BCUT2D eigenvalue weighted by molar-refractivity contribution is 5.93. The first-order chi connectivity index (χ1) is 11.5. The summed E-state index contributed by atoms with van der Waals surface area (Å²) in [5.74, 6) is -0.298. The van der Waals surface area contributed by atoms with Gasteiger partial charge in [-0.1, -0.05) is 42.5 Å². The van der Waals surface area contributed by atoms with E-state index in [2.05, 4.69) is 4.99 Å². The smallest absolute Gasteiger partial charge is 0.314 e. The van der Waals surface area contributed by atoms with E-state index in [1.165, 1.54) is 0 Å². The SMILES string of the molecule is NC(N)=NCC1CCC(C(=O)O)(c2cccc3ccccc23)CC1. The molecule has 2 aromatic rings. The normalized spacial score (nSPS) is 23.8. The largest absolute Gasteiger partial charge is 0.481 e. The Hall–Kier alpha value is -2.56. The van der Waals surface area contributed by atoms with E-state index in [1.54, 1.807) is 0 Å². The van der Waals surface area contributed by atoms with Gasteiger partial charge in [0.1, 0.15) is 0 Å². The fraction of sp³-hybridized carbons (Fsp3) is 0.368. The van der Waals surface area contributed by atoms with Crippen LogP contribution in [0.25, 0.3) is 10.8 Å². The molecule has 1 aliphatic rings. The van der Waals surface area contributed by atoms with E-state index in [1.807, 2.05) is 42.5 Å². The van der Waals surface area contributed by atoms with Gasteiger partial charge in [-0.3, -0.25) is 9.79 Å². The molecular weight excluding hydrogens is 302 g/mol. The number of aliphatic imine (C=N–C) groups is 1. The summed E-state index contributed by atoms with van der Waals surface area (Å²) in [7, 11) is 0. The lowest BCUT2D eigenvalue weighted by Crippen LogP contribution is -2.40. The summed E-state index contributed by atoms with van der Waals surface area (Å²) >= 11 is 0. The number of guanidine groups is 1. The molecule has 126 valence electrons. The minimum absolute atomic E-state index is 0.0964. The highest BCUT2D eigenvalue weighted by Crippen LogP contribution is 2.44. The predicted molar refractivity (Wildman–Crippen MR) is 95.9 cm³/mol. The van der Waals surface area contributed by atoms with Gasteiger partial charge in [-0.2, -0.15) is 0 Å². The third kappa shape index (κ3) is 2.94. The highest BCUT2D eigenvalue weighted by Gasteiger charge is 2.44. The van der Waals surface area contributed by atoms with E-state index >= 15 is 0 Å². The molecule has 0 unspecified atom stereocenters. The monoisotopic (exact) mass is 325 g/mol. The molecule has 5 heteroatoms. The van der Waals surface area contributed by atoms with Crippen molar-refractivity contribution in [2.75, 3.05) is 6.54 Å². The van der Waals surface area contributed by atoms with Gasteiger partial charge in [0.05, 0.1) is 5.41 Å². The number of rotatable bonds is 4. The molecular formula is C19H23N3O2. The molecule has 0 heterocycles. The Morgan fingerprint density at radius 1 is 1.12 bits per heavy atom. The van der Waals surface area contributed by atoms with Crippen molar-refractivity contribution < 1.29 is 9.90 Å². The third-order valence-electron chi connectivity index (χ3n) is 5.21. The Kier molecular flexibility index (Phi) is 4.42. The van der Waals surface area contributed by atoms with Crippen molar-refractivity contribution in [3.63, 3.8) is 0 Å². The van der Waals surface area contributed by atoms with Crippen molar-refractivity contribution in [3.8, 4) is 0 Å². The van der Waals surface area contributed by atoms with Crippen molar-refractivity contribution in [2.45, 2.75) is 31.1 Å². The Bertz CT molecular complexity index is 768. The number of hydrogen-bond donors (Lipinski definition) is 3. The number of hydrogen-bond acceptors (Lipinski definition) is 2. The molecule has 0 amide bonds. The topological polar surface area (TPSA) is 102 Å². The van der Waals surface area contributed by atoms with Crippen LogP contribution >= 0.6 is 0 Å². The minimum atomic E-state index is -0.824. The molecule has 2 aromatic carbocycles. The van der Waals surface area contributed by atoms with Gasteiger partial charge in [-0.05, 0) is 47.9 Å². The van der Waals surface area contributed by atoms with Crippen LogP contribution in [-0.4, -0.2) is 23.6 Å². The molecule has 24 heavy (non-hydrogen) atoms. The molecule has 0 radical (unpaired) electrons. The summed E-state index contributed by atoms with van der Waals surface area (Å²) in [6.45, 7) is 0.577. The Balaban J connectivity index is 1.93. The summed E-state index contributed by atoms with van der Waals surface area (Å²) < 4.78 is 0. The molecule has 5 N–H and O–H groups in total. The fourth-order valence-corrected chi connectivity index (χ4v) is 3.83. The molecule has 0 bridgehead atoms. The van der Waals surface area contributed by atoms with Crippen LogP contribution in [0.4, 0.5) is 0 Å². The zero-order chi connectivity index (χ0) is 17.2. The van der Waals surface area contributed by atoms with Crippen molar-refractivity contribution in [1.29, 1.82) is 0 Å². The Morgan fingerprint density at radius 2 is 1.79 bits per heavy atom. The molecule has 0 spiro atoms. The maximum Gasteiger partial charge on any atom is 0.314 e. The van der Waals surface area contributed by atoms with Crippen molar-refractivity contribution in [2.24, 2.45) is 22.4 Å². The van der Waals surface area contributed by atoms with E-state index in [4.69, 9.17) is 11.5 Å². The number of fused-ring (bicyclic) bond motifs is 1. The molecule has 5 nitrogen and oxygen atoms in total. The first-order valence-corrected chi connectivity index (χ1v) is 8.30. The maximum absolute atomic E-state index is 12.2. The van der Waals surface area contributed by atoms with Gasteiger partial charge < -0.3 is 16.6 Å². The molecule has 0 atom stereocenters. The number of nitrogens with two attached hydrogens (primary N) is 2. The summed E-state index contributed by atoms with van der Waals surface area (Å²) in [5.41, 5.74) is 10.9. The number of carboxylic acid groups (broad SMARTS) is 1. The van der Waals surface area contributed by atoms with E-state index < -0.39 is 11.4 Å². The van der Waals surface area contributed by atoms with Crippen LogP contribution in [0, 0.1) is 5.92 Å². The maximum atomic E-state index is 12.2. The summed E-state index contributed by atoms with van der Waals surface area (Å²) in [5, 5.41) is 12.2. The summed E-state index contributed by atoms with van der Waals surface area (Å²) in [4.78, 5) is 16.3. The minimum Gasteiger partial charge on any atom is -0.481 e. The van der Waals surface area contributed by atoms with Gasteiger partial charge in [0.2, 0.25) is 0 Å². The number of benzene rings is 2. The second-order valence-electron chi connectivity index (χ2n) is 6.62. The fourth-order valence-electron chi connectivity index (χ4n) is 3.83. The van der Waals surface area contributed by atoms with Gasteiger partial charge in [0.25, 0.3) is 0 Å². The number of carboxylic acids is 1. The van der Waals surface area contributed by atoms with Crippen molar-refractivity contribution >= 4 is 22.7 Å². The van der Waals surface area contributed by atoms with E-state index in [0.717, 1.165) is 29.2 Å². The molecule has 1 saturated carbocycles.